The van der Waals surface area contributed by atoms with Crippen LogP contribution in [0.5, 0.6) is 0 Å². The van der Waals surface area contributed by atoms with Crippen molar-refractivity contribution in [2.24, 2.45) is 0 Å². The summed E-state index contributed by atoms with van der Waals surface area (Å²) in [5, 5.41) is 1.44. The van der Waals surface area contributed by atoms with Gasteiger partial charge in [-0.2, -0.15) is 4.68 Å². The van der Waals surface area contributed by atoms with Crippen molar-refractivity contribution in [2.45, 2.75) is 30.8 Å². The van der Waals surface area contributed by atoms with Gasteiger partial charge in [0.1, 0.15) is 4.83 Å². The van der Waals surface area contributed by atoms with Crippen LogP contribution in [0.3, 0.4) is 0 Å². The molecule has 2 aromatic rings. The number of hydrogen-bond donors (Lipinski definition) is 1. The first-order chi connectivity index (χ1) is 10.2. The van der Waals surface area contributed by atoms with E-state index in [1.807, 2.05) is 12.5 Å². The van der Waals surface area contributed by atoms with Gasteiger partial charge in [-0.05, 0) is 43.8 Å². The zero-order chi connectivity index (χ0) is 15.0. The number of fused-ring (bicyclic) bond motifs is 3. The number of thiocarbonyl (C=S) groups is 1. The van der Waals surface area contributed by atoms with Crippen molar-refractivity contribution in [1.29, 1.82) is 0 Å². The molecule has 1 N–H and O–H groups in total. The SMILES string of the molecule is CSC(=S)Nn1c(SC)nc2sc3c(c2c1=O)CCCC3. The maximum absolute atomic E-state index is 12.9. The third kappa shape index (κ3) is 2.74. The van der Waals surface area contributed by atoms with Crippen LogP contribution in [0.1, 0.15) is 23.3 Å². The number of aromatic nitrogens is 2. The molecule has 0 aliphatic heterocycles. The van der Waals surface area contributed by atoms with Crippen LogP contribution in [0, 0.1) is 0 Å². The lowest BCUT2D eigenvalue weighted by Gasteiger charge is -2.13. The second-order valence-electron chi connectivity index (χ2n) is 4.73. The van der Waals surface area contributed by atoms with Crippen LogP contribution in [0.4, 0.5) is 0 Å². The van der Waals surface area contributed by atoms with Gasteiger partial charge in [-0.25, -0.2) is 4.98 Å². The standard InChI is InChI=1S/C13H15N3OS4/c1-19-12-14-10-9(7-5-3-4-6-8(7)21-10)11(17)16(12)15-13(18)20-2/h3-6H2,1-2H3,(H,15,18). The normalized spacial score (nSPS) is 14.2. The lowest BCUT2D eigenvalue weighted by Crippen LogP contribution is -2.33. The molecule has 2 aromatic heterocycles. The quantitative estimate of drug-likeness (QED) is 0.506. The highest BCUT2D eigenvalue weighted by molar-refractivity contribution is 8.22. The van der Waals surface area contributed by atoms with Crippen LogP contribution < -0.4 is 11.0 Å². The molecule has 0 bridgehead atoms. The summed E-state index contributed by atoms with van der Waals surface area (Å²) >= 11 is 9.72. The molecule has 1 aliphatic carbocycles. The smallest absolute Gasteiger partial charge is 0.273 e. The minimum atomic E-state index is -0.0276. The molecule has 3 rings (SSSR count). The summed E-state index contributed by atoms with van der Waals surface area (Å²) in [5.41, 5.74) is 4.17. The van der Waals surface area contributed by atoms with Crippen LogP contribution in [-0.4, -0.2) is 26.5 Å². The first-order valence-corrected chi connectivity index (χ1v) is 10.3. The largest absolute Gasteiger partial charge is 0.282 e. The lowest BCUT2D eigenvalue weighted by atomic mass is 9.97. The number of hydrogen-bond acceptors (Lipinski definition) is 6. The maximum atomic E-state index is 12.9. The molecule has 0 unspecified atom stereocenters. The van der Waals surface area contributed by atoms with Crippen molar-refractivity contribution < 1.29 is 0 Å². The number of nitrogens with one attached hydrogen (secondary N) is 1. The van der Waals surface area contributed by atoms with Crippen LogP contribution in [0.25, 0.3) is 10.2 Å². The van der Waals surface area contributed by atoms with Gasteiger partial charge in [-0.15, -0.1) is 11.3 Å². The third-order valence-corrected chi connectivity index (χ3v) is 6.41. The molecule has 112 valence electrons. The molecule has 8 heteroatoms. The van der Waals surface area contributed by atoms with Gasteiger partial charge in [0.05, 0.1) is 5.39 Å². The highest BCUT2D eigenvalue weighted by Crippen LogP contribution is 2.34. The topological polar surface area (TPSA) is 46.9 Å². The van der Waals surface area contributed by atoms with E-state index in [0.717, 1.165) is 29.5 Å². The van der Waals surface area contributed by atoms with Gasteiger partial charge in [-0.1, -0.05) is 35.7 Å². The Bertz CT molecular complexity index is 765. The van der Waals surface area contributed by atoms with Crippen molar-refractivity contribution in [3.63, 3.8) is 0 Å². The molecule has 2 heterocycles. The summed E-state index contributed by atoms with van der Waals surface area (Å²) in [4.78, 5) is 19.7. The van der Waals surface area contributed by atoms with E-state index in [4.69, 9.17) is 12.2 Å². The van der Waals surface area contributed by atoms with E-state index in [0.29, 0.717) is 9.48 Å². The Morgan fingerprint density at radius 2 is 2.14 bits per heavy atom. The average molecular weight is 358 g/mol. The van der Waals surface area contributed by atoms with E-state index < -0.39 is 0 Å². The Kier molecular flexibility index (Phi) is 4.58. The predicted octanol–water partition coefficient (Wildman–Crippen LogP) is 3.25. The van der Waals surface area contributed by atoms with Crippen molar-refractivity contribution in [2.75, 3.05) is 17.9 Å². The van der Waals surface area contributed by atoms with Crippen molar-refractivity contribution in [1.82, 2.24) is 9.66 Å². The Morgan fingerprint density at radius 3 is 2.86 bits per heavy atom. The molecule has 0 spiro atoms. The zero-order valence-corrected chi connectivity index (χ0v) is 15.0. The molecule has 0 radical (unpaired) electrons. The van der Waals surface area contributed by atoms with Crippen LogP contribution in [-0.2, 0) is 12.8 Å². The van der Waals surface area contributed by atoms with Gasteiger partial charge in [0.25, 0.3) is 5.56 Å². The van der Waals surface area contributed by atoms with E-state index in [1.54, 1.807) is 11.3 Å². The Balaban J connectivity index is 2.24. The molecular formula is C13H15N3OS4. The van der Waals surface area contributed by atoms with Crippen molar-refractivity contribution in [3.8, 4) is 0 Å². The Morgan fingerprint density at radius 1 is 1.38 bits per heavy atom. The molecule has 4 nitrogen and oxygen atoms in total. The second-order valence-corrected chi connectivity index (χ2v) is 8.07. The summed E-state index contributed by atoms with van der Waals surface area (Å²) in [7, 11) is 0. The van der Waals surface area contributed by atoms with Crippen molar-refractivity contribution >= 4 is 61.6 Å². The van der Waals surface area contributed by atoms with Crippen LogP contribution >= 0.6 is 47.1 Å². The molecular weight excluding hydrogens is 342 g/mol. The zero-order valence-electron chi connectivity index (χ0n) is 11.8. The van der Waals surface area contributed by atoms with E-state index in [-0.39, 0.29) is 5.56 Å². The second kappa shape index (κ2) is 6.28. The number of aryl methyl sites for hydroxylation is 2. The predicted molar refractivity (Wildman–Crippen MR) is 97.8 cm³/mol. The summed E-state index contributed by atoms with van der Waals surface area (Å²) in [6, 6.07) is 0. The lowest BCUT2D eigenvalue weighted by molar-refractivity contribution is 0.698. The first-order valence-electron chi connectivity index (χ1n) is 6.62. The molecule has 0 amide bonds. The number of thioether (sulfide) groups is 2. The maximum Gasteiger partial charge on any atom is 0.282 e. The van der Waals surface area contributed by atoms with Gasteiger partial charge in [0, 0.05) is 4.88 Å². The third-order valence-electron chi connectivity index (χ3n) is 3.53. The van der Waals surface area contributed by atoms with E-state index in [2.05, 4.69) is 10.4 Å². The van der Waals surface area contributed by atoms with E-state index in [9.17, 15) is 4.79 Å². The minimum absolute atomic E-state index is 0.0276. The van der Waals surface area contributed by atoms with E-state index in [1.165, 1.54) is 45.1 Å². The minimum Gasteiger partial charge on any atom is -0.273 e. The van der Waals surface area contributed by atoms with Gasteiger partial charge in [0.15, 0.2) is 9.48 Å². The molecule has 0 saturated carbocycles. The van der Waals surface area contributed by atoms with Gasteiger partial charge < -0.3 is 0 Å². The Labute approximate surface area is 140 Å². The number of thiophene rings is 1. The highest BCUT2D eigenvalue weighted by Gasteiger charge is 2.22. The fraction of sp³-hybridized carbons (Fsp3) is 0.462. The van der Waals surface area contributed by atoms with Gasteiger partial charge >= 0.3 is 0 Å². The average Bonchev–Trinajstić information content (AvgIpc) is 2.87. The molecule has 0 aromatic carbocycles. The first kappa shape index (κ1) is 15.3. The monoisotopic (exact) mass is 357 g/mol. The fourth-order valence-electron chi connectivity index (χ4n) is 2.56. The highest BCUT2D eigenvalue weighted by atomic mass is 32.2. The van der Waals surface area contributed by atoms with Crippen LogP contribution in [0.2, 0.25) is 0 Å². The number of nitrogens with zero attached hydrogens (tertiary/aromatic N) is 2. The van der Waals surface area contributed by atoms with Crippen LogP contribution in [0.15, 0.2) is 9.95 Å². The summed E-state index contributed by atoms with van der Waals surface area (Å²) in [6.45, 7) is 0. The fourth-order valence-corrected chi connectivity index (χ4v) is 4.64. The molecule has 0 fully saturated rings. The number of rotatable bonds is 2. The van der Waals surface area contributed by atoms with Crippen molar-refractivity contribution in [3.05, 3.63) is 20.8 Å². The summed E-state index contributed by atoms with van der Waals surface area (Å²) in [6.07, 6.45) is 8.22. The van der Waals surface area contributed by atoms with Gasteiger partial charge in [-0.3, -0.25) is 10.2 Å². The van der Waals surface area contributed by atoms with E-state index >= 15 is 0 Å². The Hall–Kier alpha value is -0.570. The summed E-state index contributed by atoms with van der Waals surface area (Å²) in [5.74, 6) is 0. The molecule has 21 heavy (non-hydrogen) atoms. The van der Waals surface area contributed by atoms with Gasteiger partial charge in [0.2, 0.25) is 0 Å². The molecule has 0 saturated heterocycles. The molecule has 0 atom stereocenters. The molecule has 1 aliphatic rings. The summed E-state index contributed by atoms with van der Waals surface area (Å²) < 4.78 is 2.06.